The number of hydrogen-bond donors (Lipinski definition) is 4. The lowest BCUT2D eigenvalue weighted by atomic mass is 9.83. The number of nitrogens with two attached hydrogens (primary N) is 2. The van der Waals surface area contributed by atoms with Crippen molar-refractivity contribution in [3.05, 3.63) is 0 Å². The molecule has 0 heterocycles. The highest BCUT2D eigenvalue weighted by Gasteiger charge is 2.28. The lowest BCUT2D eigenvalue weighted by molar-refractivity contribution is -0.129. The number of amides is 2. The summed E-state index contributed by atoms with van der Waals surface area (Å²) in [6.07, 6.45) is 5.54. The molecule has 1 aliphatic rings. The summed E-state index contributed by atoms with van der Waals surface area (Å²) in [6.45, 7) is 1.89. The van der Waals surface area contributed by atoms with Gasteiger partial charge < -0.3 is 22.1 Å². The van der Waals surface area contributed by atoms with E-state index in [0.29, 0.717) is 32.6 Å². The molecule has 0 aromatic heterocycles. The fraction of sp³-hybridized carbons (Fsp3) is 0.857. The summed E-state index contributed by atoms with van der Waals surface area (Å²) in [5.74, 6) is -0.0751. The lowest BCUT2D eigenvalue weighted by Crippen LogP contribution is -2.39. The van der Waals surface area contributed by atoms with Crippen molar-refractivity contribution in [3.8, 4) is 0 Å². The molecule has 1 fully saturated rings. The van der Waals surface area contributed by atoms with Crippen LogP contribution in [0.5, 0.6) is 0 Å². The Balaban J connectivity index is 2.56. The normalized spacial score (nSPS) is 23.5. The summed E-state index contributed by atoms with van der Waals surface area (Å²) in [7, 11) is 0. The van der Waals surface area contributed by atoms with Gasteiger partial charge in [0.1, 0.15) is 0 Å². The van der Waals surface area contributed by atoms with Crippen molar-refractivity contribution in [2.75, 3.05) is 26.2 Å². The van der Waals surface area contributed by atoms with Crippen LogP contribution in [0.2, 0.25) is 0 Å². The second-order valence-electron chi connectivity index (χ2n) is 5.43. The van der Waals surface area contributed by atoms with Gasteiger partial charge in [0.2, 0.25) is 11.8 Å². The Morgan fingerprint density at radius 1 is 0.850 bits per heavy atom. The second kappa shape index (κ2) is 9.72. The first kappa shape index (κ1) is 16.9. The zero-order valence-corrected chi connectivity index (χ0v) is 12.2. The molecule has 0 aliphatic heterocycles. The van der Waals surface area contributed by atoms with Crippen molar-refractivity contribution in [1.29, 1.82) is 0 Å². The largest absolute Gasteiger partial charge is 0.355 e. The van der Waals surface area contributed by atoms with Gasteiger partial charge in [-0.15, -0.1) is 0 Å². The highest BCUT2D eigenvalue weighted by Crippen LogP contribution is 2.27. The standard InChI is InChI=1S/C14H28N4O2/c15-6-8-17-13(19)11-4-2-1-3-5-12(10-11)14(20)18-9-7-16/h11-12H,1-10,15-16H2,(H,17,19)(H,18,20). The summed E-state index contributed by atoms with van der Waals surface area (Å²) < 4.78 is 0. The fourth-order valence-electron chi connectivity index (χ4n) is 2.69. The van der Waals surface area contributed by atoms with Crippen molar-refractivity contribution >= 4 is 11.8 Å². The molecule has 0 aromatic rings. The summed E-state index contributed by atoms with van der Waals surface area (Å²) in [6, 6.07) is 0. The van der Waals surface area contributed by atoms with Gasteiger partial charge in [0, 0.05) is 38.0 Å². The topological polar surface area (TPSA) is 110 Å². The lowest BCUT2D eigenvalue weighted by Gasteiger charge is -2.25. The molecule has 6 N–H and O–H groups in total. The maximum atomic E-state index is 12.1. The van der Waals surface area contributed by atoms with Crippen LogP contribution in [0.1, 0.15) is 38.5 Å². The van der Waals surface area contributed by atoms with Gasteiger partial charge in [-0.05, 0) is 19.3 Å². The zero-order chi connectivity index (χ0) is 14.8. The van der Waals surface area contributed by atoms with Crippen LogP contribution in [0.4, 0.5) is 0 Å². The third kappa shape index (κ3) is 5.88. The zero-order valence-electron chi connectivity index (χ0n) is 12.2. The van der Waals surface area contributed by atoms with Gasteiger partial charge in [-0.2, -0.15) is 0 Å². The van der Waals surface area contributed by atoms with E-state index in [9.17, 15) is 9.59 Å². The van der Waals surface area contributed by atoms with E-state index in [0.717, 1.165) is 32.1 Å². The molecule has 0 spiro atoms. The van der Waals surface area contributed by atoms with Gasteiger partial charge >= 0.3 is 0 Å². The Hall–Kier alpha value is -1.14. The molecular formula is C14H28N4O2. The van der Waals surface area contributed by atoms with Crippen molar-refractivity contribution in [2.24, 2.45) is 23.3 Å². The Labute approximate surface area is 121 Å². The highest BCUT2D eigenvalue weighted by molar-refractivity contribution is 5.82. The van der Waals surface area contributed by atoms with Crippen LogP contribution < -0.4 is 22.1 Å². The van der Waals surface area contributed by atoms with E-state index < -0.39 is 0 Å². The van der Waals surface area contributed by atoms with Crippen LogP contribution in [-0.2, 0) is 9.59 Å². The quantitative estimate of drug-likeness (QED) is 0.538. The first-order chi connectivity index (χ1) is 9.69. The minimum absolute atomic E-state index is 0.0361. The molecule has 116 valence electrons. The van der Waals surface area contributed by atoms with Crippen molar-refractivity contribution in [2.45, 2.75) is 38.5 Å². The van der Waals surface area contributed by atoms with Gasteiger partial charge in [-0.3, -0.25) is 9.59 Å². The first-order valence-electron chi connectivity index (χ1n) is 7.64. The molecule has 20 heavy (non-hydrogen) atoms. The van der Waals surface area contributed by atoms with E-state index >= 15 is 0 Å². The smallest absolute Gasteiger partial charge is 0.223 e. The summed E-state index contributed by atoms with van der Waals surface area (Å²) >= 11 is 0. The molecular weight excluding hydrogens is 256 g/mol. The van der Waals surface area contributed by atoms with Crippen molar-refractivity contribution in [1.82, 2.24) is 10.6 Å². The third-order valence-electron chi connectivity index (χ3n) is 3.80. The molecule has 1 saturated carbocycles. The van der Waals surface area contributed by atoms with Gasteiger partial charge in [-0.1, -0.05) is 19.3 Å². The predicted molar refractivity (Wildman–Crippen MR) is 78.8 cm³/mol. The van der Waals surface area contributed by atoms with E-state index in [-0.39, 0.29) is 23.7 Å². The van der Waals surface area contributed by atoms with Crippen LogP contribution in [0, 0.1) is 11.8 Å². The Kier molecular flexibility index (Phi) is 8.22. The van der Waals surface area contributed by atoms with Crippen LogP contribution in [-0.4, -0.2) is 38.0 Å². The maximum Gasteiger partial charge on any atom is 0.223 e. The maximum absolute atomic E-state index is 12.1. The molecule has 2 atom stereocenters. The number of carbonyl (C=O) groups is 2. The minimum atomic E-state index is -0.0736. The predicted octanol–water partition coefficient (Wildman–Crippen LogP) is -0.277. The third-order valence-corrected chi connectivity index (χ3v) is 3.80. The van der Waals surface area contributed by atoms with E-state index in [1.54, 1.807) is 0 Å². The fourth-order valence-corrected chi connectivity index (χ4v) is 2.69. The Bertz CT molecular complexity index is 282. The first-order valence-corrected chi connectivity index (χ1v) is 7.64. The molecule has 6 heteroatoms. The van der Waals surface area contributed by atoms with E-state index in [1.807, 2.05) is 0 Å². The molecule has 6 nitrogen and oxygen atoms in total. The minimum Gasteiger partial charge on any atom is -0.355 e. The molecule has 0 bridgehead atoms. The number of rotatable bonds is 6. The SMILES string of the molecule is NCCNC(=O)C1CCCCCC(C(=O)NCCN)C1. The monoisotopic (exact) mass is 284 g/mol. The molecule has 0 radical (unpaired) electrons. The molecule has 1 aliphatic carbocycles. The summed E-state index contributed by atoms with van der Waals surface area (Å²) in [5, 5.41) is 5.67. The summed E-state index contributed by atoms with van der Waals surface area (Å²) in [5.41, 5.74) is 10.8. The van der Waals surface area contributed by atoms with Crippen LogP contribution >= 0.6 is 0 Å². The molecule has 2 unspecified atom stereocenters. The van der Waals surface area contributed by atoms with E-state index in [1.165, 1.54) is 0 Å². The number of nitrogens with one attached hydrogen (secondary N) is 2. The van der Waals surface area contributed by atoms with Gasteiger partial charge in [-0.25, -0.2) is 0 Å². The van der Waals surface area contributed by atoms with Gasteiger partial charge in [0.25, 0.3) is 0 Å². The molecule has 2 amide bonds. The van der Waals surface area contributed by atoms with Gasteiger partial charge in [0.05, 0.1) is 0 Å². The highest BCUT2D eigenvalue weighted by atomic mass is 16.2. The second-order valence-corrected chi connectivity index (χ2v) is 5.43. The summed E-state index contributed by atoms with van der Waals surface area (Å²) in [4.78, 5) is 24.2. The Morgan fingerprint density at radius 3 is 1.70 bits per heavy atom. The van der Waals surface area contributed by atoms with Crippen molar-refractivity contribution < 1.29 is 9.59 Å². The van der Waals surface area contributed by atoms with Crippen LogP contribution in [0.3, 0.4) is 0 Å². The molecule has 0 saturated heterocycles. The molecule has 0 aromatic carbocycles. The average Bonchev–Trinajstić information content (AvgIpc) is 2.42. The molecule has 1 rings (SSSR count). The number of carbonyl (C=O) groups excluding carboxylic acids is 2. The van der Waals surface area contributed by atoms with Crippen LogP contribution in [0.25, 0.3) is 0 Å². The Morgan fingerprint density at radius 2 is 1.30 bits per heavy atom. The van der Waals surface area contributed by atoms with E-state index in [2.05, 4.69) is 10.6 Å². The van der Waals surface area contributed by atoms with Crippen molar-refractivity contribution in [3.63, 3.8) is 0 Å². The van der Waals surface area contributed by atoms with E-state index in [4.69, 9.17) is 11.5 Å². The van der Waals surface area contributed by atoms with Gasteiger partial charge in [0.15, 0.2) is 0 Å². The van der Waals surface area contributed by atoms with Crippen LogP contribution in [0.15, 0.2) is 0 Å². The average molecular weight is 284 g/mol. The number of hydrogen-bond acceptors (Lipinski definition) is 4.